The first kappa shape index (κ1) is 10.7. The molecule has 0 spiro atoms. The van der Waals surface area contributed by atoms with Crippen molar-refractivity contribution in [3.63, 3.8) is 0 Å². The molecule has 0 radical (unpaired) electrons. The minimum Gasteiger partial charge on any atom is -0.369 e. The molecule has 82 valence electrons. The molecule has 2 rings (SSSR count). The number of hydrogen-bond donors (Lipinski definition) is 1. The van der Waals surface area contributed by atoms with Crippen LogP contribution < -0.4 is 5.73 Å². The zero-order valence-electron chi connectivity index (χ0n) is 9.31. The SMILES string of the molecule is C[C@H](Cc1cccc2ccccc12)C(N)=O. The largest absolute Gasteiger partial charge is 0.369 e. The molecule has 0 saturated heterocycles. The smallest absolute Gasteiger partial charge is 0.220 e. The zero-order valence-corrected chi connectivity index (χ0v) is 9.31. The Labute approximate surface area is 95.1 Å². The van der Waals surface area contributed by atoms with Gasteiger partial charge in [0.05, 0.1) is 0 Å². The predicted molar refractivity (Wildman–Crippen MR) is 66.0 cm³/mol. The van der Waals surface area contributed by atoms with Gasteiger partial charge in [-0.25, -0.2) is 0 Å². The van der Waals surface area contributed by atoms with E-state index in [1.807, 2.05) is 25.1 Å². The summed E-state index contributed by atoms with van der Waals surface area (Å²) in [5.41, 5.74) is 6.47. The summed E-state index contributed by atoms with van der Waals surface area (Å²) in [7, 11) is 0. The summed E-state index contributed by atoms with van der Waals surface area (Å²) >= 11 is 0. The van der Waals surface area contributed by atoms with E-state index in [0.29, 0.717) is 6.42 Å². The fourth-order valence-electron chi connectivity index (χ4n) is 1.90. The van der Waals surface area contributed by atoms with E-state index in [9.17, 15) is 4.79 Å². The Morgan fingerprint density at radius 1 is 1.19 bits per heavy atom. The summed E-state index contributed by atoms with van der Waals surface area (Å²) in [5.74, 6) is -0.362. The van der Waals surface area contributed by atoms with Crippen molar-refractivity contribution in [3.8, 4) is 0 Å². The Balaban J connectivity index is 2.41. The molecular weight excluding hydrogens is 198 g/mol. The first-order chi connectivity index (χ1) is 7.68. The van der Waals surface area contributed by atoms with Crippen LogP contribution in [0.25, 0.3) is 10.8 Å². The van der Waals surface area contributed by atoms with E-state index in [-0.39, 0.29) is 11.8 Å². The molecule has 0 bridgehead atoms. The molecule has 1 amide bonds. The van der Waals surface area contributed by atoms with Crippen LogP contribution in [-0.4, -0.2) is 5.91 Å². The quantitative estimate of drug-likeness (QED) is 0.836. The van der Waals surface area contributed by atoms with E-state index < -0.39 is 0 Å². The number of fused-ring (bicyclic) bond motifs is 1. The van der Waals surface area contributed by atoms with E-state index in [0.717, 1.165) is 0 Å². The molecule has 0 heterocycles. The molecule has 1 atom stereocenters. The molecule has 2 N–H and O–H groups in total. The molecule has 2 nitrogen and oxygen atoms in total. The van der Waals surface area contributed by atoms with Crippen LogP contribution >= 0.6 is 0 Å². The Morgan fingerprint density at radius 3 is 2.62 bits per heavy atom. The minimum absolute atomic E-state index is 0.120. The van der Waals surface area contributed by atoms with Gasteiger partial charge < -0.3 is 5.73 Å². The third kappa shape index (κ3) is 2.06. The number of rotatable bonds is 3. The van der Waals surface area contributed by atoms with Crippen LogP contribution in [0.3, 0.4) is 0 Å². The van der Waals surface area contributed by atoms with Gasteiger partial charge in [-0.3, -0.25) is 4.79 Å². The van der Waals surface area contributed by atoms with E-state index >= 15 is 0 Å². The highest BCUT2D eigenvalue weighted by Crippen LogP contribution is 2.20. The first-order valence-corrected chi connectivity index (χ1v) is 5.44. The van der Waals surface area contributed by atoms with Gasteiger partial charge in [0.25, 0.3) is 0 Å². The Hall–Kier alpha value is -1.83. The first-order valence-electron chi connectivity index (χ1n) is 5.44. The van der Waals surface area contributed by atoms with E-state index in [1.165, 1.54) is 16.3 Å². The molecule has 2 aromatic carbocycles. The van der Waals surface area contributed by atoms with Gasteiger partial charge in [-0.15, -0.1) is 0 Å². The monoisotopic (exact) mass is 213 g/mol. The van der Waals surface area contributed by atoms with Crippen molar-refractivity contribution in [2.24, 2.45) is 11.7 Å². The summed E-state index contributed by atoms with van der Waals surface area (Å²) < 4.78 is 0. The maximum atomic E-state index is 11.1. The topological polar surface area (TPSA) is 43.1 Å². The third-order valence-corrected chi connectivity index (χ3v) is 2.89. The van der Waals surface area contributed by atoms with Gasteiger partial charge in [-0.1, -0.05) is 49.4 Å². The number of benzene rings is 2. The number of hydrogen-bond acceptors (Lipinski definition) is 1. The second kappa shape index (κ2) is 4.35. The summed E-state index contributed by atoms with van der Waals surface area (Å²) in [5, 5.41) is 2.41. The number of carbonyl (C=O) groups is 1. The Bertz CT molecular complexity index is 514. The molecule has 16 heavy (non-hydrogen) atoms. The van der Waals surface area contributed by atoms with Gasteiger partial charge in [0.2, 0.25) is 5.91 Å². The highest BCUT2D eigenvalue weighted by atomic mass is 16.1. The van der Waals surface area contributed by atoms with E-state index in [1.54, 1.807) is 0 Å². The van der Waals surface area contributed by atoms with Crippen molar-refractivity contribution < 1.29 is 4.79 Å². The number of primary amides is 1. The second-order valence-corrected chi connectivity index (χ2v) is 4.15. The Morgan fingerprint density at radius 2 is 1.88 bits per heavy atom. The van der Waals surface area contributed by atoms with Gasteiger partial charge in [-0.05, 0) is 22.8 Å². The lowest BCUT2D eigenvalue weighted by Gasteiger charge is -2.10. The molecule has 0 aromatic heterocycles. The molecule has 0 aliphatic rings. The van der Waals surface area contributed by atoms with E-state index in [2.05, 4.69) is 24.3 Å². The summed E-state index contributed by atoms with van der Waals surface area (Å²) in [6.45, 7) is 1.87. The molecule has 0 saturated carbocycles. The average Bonchev–Trinajstić information content (AvgIpc) is 2.29. The fourth-order valence-corrected chi connectivity index (χ4v) is 1.90. The lowest BCUT2D eigenvalue weighted by atomic mass is 9.96. The molecule has 0 aliphatic heterocycles. The molecular formula is C14H15NO. The van der Waals surface area contributed by atoms with Gasteiger partial charge in [0.1, 0.15) is 0 Å². The van der Waals surface area contributed by atoms with Crippen LogP contribution in [0.5, 0.6) is 0 Å². The normalized spacial score (nSPS) is 12.6. The summed E-state index contributed by atoms with van der Waals surface area (Å²) in [4.78, 5) is 11.1. The van der Waals surface area contributed by atoms with Crippen LogP contribution in [0, 0.1) is 5.92 Å². The van der Waals surface area contributed by atoms with Crippen LogP contribution in [0.4, 0.5) is 0 Å². The lowest BCUT2D eigenvalue weighted by Crippen LogP contribution is -2.22. The van der Waals surface area contributed by atoms with Crippen LogP contribution in [0.15, 0.2) is 42.5 Å². The van der Waals surface area contributed by atoms with Crippen molar-refractivity contribution in [2.45, 2.75) is 13.3 Å². The molecule has 2 aromatic rings. The standard InChI is InChI=1S/C14H15NO/c1-10(14(15)16)9-12-7-4-6-11-5-2-3-8-13(11)12/h2-8,10H,9H2,1H3,(H2,15,16)/t10-/m1/s1. The average molecular weight is 213 g/mol. The van der Waals surface area contributed by atoms with Gasteiger partial charge in [0.15, 0.2) is 0 Å². The predicted octanol–water partition coefficient (Wildman–Crippen LogP) is 2.50. The highest BCUT2D eigenvalue weighted by molar-refractivity contribution is 5.86. The Kier molecular flexibility index (Phi) is 2.91. The fraction of sp³-hybridized carbons (Fsp3) is 0.214. The zero-order chi connectivity index (χ0) is 11.5. The summed E-state index contributed by atoms with van der Waals surface area (Å²) in [6, 6.07) is 14.3. The van der Waals surface area contributed by atoms with Gasteiger partial charge >= 0.3 is 0 Å². The van der Waals surface area contributed by atoms with Gasteiger partial charge in [0, 0.05) is 5.92 Å². The van der Waals surface area contributed by atoms with E-state index in [4.69, 9.17) is 5.73 Å². The molecule has 0 aliphatic carbocycles. The van der Waals surface area contributed by atoms with Crippen LogP contribution in [0.2, 0.25) is 0 Å². The number of nitrogens with two attached hydrogens (primary N) is 1. The van der Waals surface area contributed by atoms with Crippen molar-refractivity contribution >= 4 is 16.7 Å². The summed E-state index contributed by atoms with van der Waals surface area (Å²) in [6.07, 6.45) is 0.705. The lowest BCUT2D eigenvalue weighted by molar-refractivity contribution is -0.121. The van der Waals surface area contributed by atoms with Crippen LogP contribution in [-0.2, 0) is 11.2 Å². The molecule has 2 heteroatoms. The maximum Gasteiger partial charge on any atom is 0.220 e. The molecule has 0 unspecified atom stereocenters. The van der Waals surface area contributed by atoms with Crippen molar-refractivity contribution in [2.75, 3.05) is 0 Å². The minimum atomic E-state index is -0.243. The van der Waals surface area contributed by atoms with Crippen molar-refractivity contribution in [1.82, 2.24) is 0 Å². The third-order valence-electron chi connectivity index (χ3n) is 2.89. The second-order valence-electron chi connectivity index (χ2n) is 4.15. The van der Waals surface area contributed by atoms with Crippen molar-refractivity contribution in [1.29, 1.82) is 0 Å². The highest BCUT2D eigenvalue weighted by Gasteiger charge is 2.10. The maximum absolute atomic E-state index is 11.1. The number of amides is 1. The molecule has 0 fully saturated rings. The van der Waals surface area contributed by atoms with Gasteiger partial charge in [-0.2, -0.15) is 0 Å². The van der Waals surface area contributed by atoms with Crippen LogP contribution in [0.1, 0.15) is 12.5 Å². The number of carbonyl (C=O) groups excluding carboxylic acids is 1. The van der Waals surface area contributed by atoms with Crippen molar-refractivity contribution in [3.05, 3.63) is 48.0 Å².